The van der Waals surface area contributed by atoms with Crippen LogP contribution in [-0.4, -0.2) is 62.8 Å². The van der Waals surface area contributed by atoms with Crippen LogP contribution in [0.5, 0.6) is 0 Å². The molecule has 5 aliphatic rings. The van der Waals surface area contributed by atoms with E-state index in [1.807, 2.05) is 0 Å². The molecule has 0 amide bonds. The molecule has 0 heterocycles. The number of aliphatic hydroxyl groups excluding tert-OH is 2. The highest BCUT2D eigenvalue weighted by molar-refractivity contribution is 7.89. The van der Waals surface area contributed by atoms with E-state index in [0.29, 0.717) is 50.4 Å². The fourth-order valence-electron chi connectivity index (χ4n) is 9.39. The maximum absolute atomic E-state index is 13.5. The molecule has 36 heavy (non-hydrogen) atoms. The molecular weight excluding hydrogens is 500 g/mol. The second kappa shape index (κ2) is 8.62. The van der Waals surface area contributed by atoms with Crippen molar-refractivity contribution < 1.29 is 27.0 Å². The summed E-state index contributed by atoms with van der Waals surface area (Å²) < 4.78 is 59.6. The third-order valence-corrected chi connectivity index (χ3v) is 15.2. The zero-order chi connectivity index (χ0) is 26.4. The molecule has 5 fully saturated rings. The lowest BCUT2D eigenvalue weighted by molar-refractivity contribution is 0.0148. The van der Waals surface area contributed by atoms with Gasteiger partial charge in [-0.3, -0.25) is 0 Å². The molecule has 10 heteroatoms. The standard InChI is InChI=1S/C26H46N2O6S2/c1-23(2)17-9-11-25(23,21(29)13-17)15-35(31,32)27-19-7-5-6-8-20(19)28-36(33,34)16-26-12-10-18(14-22(26)30)24(26,3)4/h17-22,27-30H,5-16H2,1-4H3. The molecule has 0 spiro atoms. The number of hydrogen-bond donors (Lipinski definition) is 4. The number of hydrogen-bond acceptors (Lipinski definition) is 6. The Morgan fingerprint density at radius 3 is 1.31 bits per heavy atom. The minimum absolute atomic E-state index is 0.120. The van der Waals surface area contributed by atoms with E-state index in [4.69, 9.17) is 0 Å². The molecule has 8 atom stereocenters. The van der Waals surface area contributed by atoms with Crippen molar-refractivity contribution in [2.24, 2.45) is 33.5 Å². The second-order valence-corrected chi connectivity index (χ2v) is 17.5. The predicted molar refractivity (Wildman–Crippen MR) is 139 cm³/mol. The van der Waals surface area contributed by atoms with Crippen LogP contribution >= 0.6 is 0 Å². The van der Waals surface area contributed by atoms with Crippen molar-refractivity contribution in [2.75, 3.05) is 11.5 Å². The quantitative estimate of drug-likeness (QED) is 0.370. The van der Waals surface area contributed by atoms with Gasteiger partial charge >= 0.3 is 0 Å². The van der Waals surface area contributed by atoms with Crippen molar-refractivity contribution in [1.82, 2.24) is 9.44 Å². The van der Waals surface area contributed by atoms with Crippen LogP contribution in [0, 0.1) is 33.5 Å². The van der Waals surface area contributed by atoms with Crippen LogP contribution in [0.4, 0.5) is 0 Å². The summed E-state index contributed by atoms with van der Waals surface area (Å²) in [5.74, 6) is 0.431. The topological polar surface area (TPSA) is 133 Å². The molecule has 5 saturated carbocycles. The minimum Gasteiger partial charge on any atom is -0.392 e. The lowest BCUT2D eigenvalue weighted by Gasteiger charge is -2.42. The summed E-state index contributed by atoms with van der Waals surface area (Å²) in [6.45, 7) is 8.33. The Morgan fingerprint density at radius 1 is 0.667 bits per heavy atom. The Morgan fingerprint density at radius 2 is 1.03 bits per heavy atom. The van der Waals surface area contributed by atoms with Crippen molar-refractivity contribution in [3.8, 4) is 0 Å². The number of nitrogens with one attached hydrogen (secondary N) is 2. The Bertz CT molecular complexity index is 1000. The first-order valence-electron chi connectivity index (χ1n) is 13.9. The van der Waals surface area contributed by atoms with Gasteiger partial charge in [-0.05, 0) is 74.0 Å². The summed E-state index contributed by atoms with van der Waals surface area (Å²) in [6, 6.07) is -1.02. The maximum Gasteiger partial charge on any atom is 0.212 e. The van der Waals surface area contributed by atoms with Crippen LogP contribution in [0.2, 0.25) is 0 Å². The van der Waals surface area contributed by atoms with Crippen molar-refractivity contribution in [1.29, 1.82) is 0 Å². The van der Waals surface area contributed by atoms with Crippen LogP contribution in [0.1, 0.15) is 91.9 Å². The van der Waals surface area contributed by atoms with Gasteiger partial charge in [-0.25, -0.2) is 26.3 Å². The summed E-state index contributed by atoms with van der Waals surface area (Å²) in [5, 5.41) is 21.7. The van der Waals surface area contributed by atoms with Crippen molar-refractivity contribution in [2.45, 2.75) is 116 Å². The van der Waals surface area contributed by atoms with Gasteiger partial charge in [-0.1, -0.05) is 40.5 Å². The molecule has 0 saturated heterocycles. The molecule has 208 valence electrons. The van der Waals surface area contributed by atoms with E-state index < -0.39 is 55.2 Å². The molecule has 8 nitrogen and oxygen atoms in total. The highest BCUT2D eigenvalue weighted by atomic mass is 32.2. The zero-order valence-electron chi connectivity index (χ0n) is 22.3. The minimum atomic E-state index is -3.75. The molecule has 5 rings (SSSR count). The summed E-state index contributed by atoms with van der Waals surface area (Å²) in [4.78, 5) is 0. The molecule has 0 aliphatic heterocycles. The van der Waals surface area contributed by atoms with Gasteiger partial charge in [0.2, 0.25) is 20.0 Å². The van der Waals surface area contributed by atoms with Crippen LogP contribution in [-0.2, 0) is 20.0 Å². The van der Waals surface area contributed by atoms with E-state index in [1.165, 1.54) is 0 Å². The average molecular weight is 547 g/mol. The zero-order valence-corrected chi connectivity index (χ0v) is 23.9. The van der Waals surface area contributed by atoms with Crippen molar-refractivity contribution >= 4 is 20.0 Å². The fraction of sp³-hybridized carbons (Fsp3) is 1.00. The molecule has 0 aromatic carbocycles. The van der Waals surface area contributed by atoms with E-state index in [1.54, 1.807) is 0 Å². The number of sulfonamides is 2. The third kappa shape index (κ3) is 4.03. The van der Waals surface area contributed by atoms with Crippen LogP contribution in [0.15, 0.2) is 0 Å². The first-order valence-corrected chi connectivity index (χ1v) is 17.2. The van der Waals surface area contributed by atoms with E-state index >= 15 is 0 Å². The van der Waals surface area contributed by atoms with E-state index in [9.17, 15) is 27.0 Å². The molecule has 4 bridgehead atoms. The Kier molecular flexibility index (Phi) is 6.54. The van der Waals surface area contributed by atoms with Gasteiger partial charge in [0.15, 0.2) is 0 Å². The third-order valence-electron chi connectivity index (χ3n) is 12.1. The maximum atomic E-state index is 13.5. The highest BCUT2D eigenvalue weighted by Gasteiger charge is 2.66. The summed E-state index contributed by atoms with van der Waals surface area (Å²) in [6.07, 6.45) is 6.17. The fourth-order valence-corrected chi connectivity index (χ4v) is 13.8. The number of aliphatic hydroxyl groups is 2. The van der Waals surface area contributed by atoms with Crippen LogP contribution in [0.3, 0.4) is 0 Å². The molecule has 5 aliphatic carbocycles. The van der Waals surface area contributed by atoms with E-state index in [-0.39, 0.29) is 22.3 Å². The van der Waals surface area contributed by atoms with Gasteiger partial charge in [-0.15, -0.1) is 0 Å². The van der Waals surface area contributed by atoms with Crippen molar-refractivity contribution in [3.05, 3.63) is 0 Å². The average Bonchev–Trinajstić information content (AvgIpc) is 3.27. The molecule has 4 N–H and O–H groups in total. The van der Waals surface area contributed by atoms with Gasteiger partial charge in [0.1, 0.15) is 0 Å². The number of fused-ring (bicyclic) bond motifs is 4. The van der Waals surface area contributed by atoms with Crippen LogP contribution in [0.25, 0.3) is 0 Å². The summed E-state index contributed by atoms with van der Waals surface area (Å²) >= 11 is 0. The molecule has 0 aromatic rings. The highest BCUT2D eigenvalue weighted by Crippen LogP contribution is 2.67. The molecular formula is C26H46N2O6S2. The molecule has 0 aromatic heterocycles. The molecule has 0 radical (unpaired) electrons. The predicted octanol–water partition coefficient (Wildman–Crippen LogP) is 2.51. The first-order chi connectivity index (χ1) is 16.6. The van der Waals surface area contributed by atoms with Crippen molar-refractivity contribution in [3.63, 3.8) is 0 Å². The number of rotatable bonds is 8. The lowest BCUT2D eigenvalue weighted by Crippen LogP contribution is -2.57. The van der Waals surface area contributed by atoms with Gasteiger partial charge in [-0.2, -0.15) is 0 Å². The Hall–Kier alpha value is -0.260. The van der Waals surface area contributed by atoms with Crippen LogP contribution < -0.4 is 9.44 Å². The summed E-state index contributed by atoms with van der Waals surface area (Å²) in [7, 11) is -7.49. The monoisotopic (exact) mass is 546 g/mol. The van der Waals surface area contributed by atoms with E-state index in [0.717, 1.165) is 25.7 Å². The normalized spacial score (nSPS) is 45.4. The van der Waals surface area contributed by atoms with Gasteiger partial charge in [0.05, 0.1) is 23.7 Å². The largest absolute Gasteiger partial charge is 0.392 e. The van der Waals surface area contributed by atoms with Gasteiger partial charge in [0, 0.05) is 22.9 Å². The second-order valence-electron chi connectivity index (χ2n) is 14.0. The van der Waals surface area contributed by atoms with E-state index in [2.05, 4.69) is 37.1 Å². The smallest absolute Gasteiger partial charge is 0.212 e. The SMILES string of the molecule is CC1(C)C2CCC1(CS(=O)(=O)NC1CCCCC1NS(=O)(=O)CC13CCC(CC1O)C3(C)C)C(O)C2. The lowest BCUT2D eigenvalue weighted by atomic mass is 9.70. The van der Waals surface area contributed by atoms with Gasteiger partial charge in [0.25, 0.3) is 0 Å². The Balaban J connectivity index is 1.30. The molecule has 8 unspecified atom stereocenters. The first kappa shape index (κ1) is 27.3. The Labute approximate surface area is 217 Å². The summed E-state index contributed by atoms with van der Waals surface area (Å²) in [5.41, 5.74) is -1.81. The van der Waals surface area contributed by atoms with Gasteiger partial charge < -0.3 is 10.2 Å².